The molecule has 0 amide bonds. The summed E-state index contributed by atoms with van der Waals surface area (Å²) in [7, 11) is 0. The maximum Gasteiger partial charge on any atom is 0.311 e. The number of carboxylic acids is 1. The Hall–Kier alpha value is -0.610. The van der Waals surface area contributed by atoms with Gasteiger partial charge in [-0.2, -0.15) is 0 Å². The second kappa shape index (κ2) is 6.36. The zero-order chi connectivity index (χ0) is 13.7. The number of ether oxygens (including phenoxy) is 1. The van der Waals surface area contributed by atoms with E-state index in [1.54, 1.807) is 0 Å². The second-order valence-electron chi connectivity index (χ2n) is 6.10. The molecule has 4 heteroatoms. The number of aliphatic carboxylic acids is 1. The van der Waals surface area contributed by atoms with Gasteiger partial charge in [-0.3, -0.25) is 4.79 Å². The molecule has 0 aromatic carbocycles. The van der Waals surface area contributed by atoms with Gasteiger partial charge in [0.15, 0.2) is 0 Å². The lowest BCUT2D eigenvalue weighted by Crippen LogP contribution is -2.41. The molecule has 17 heavy (non-hydrogen) atoms. The lowest BCUT2D eigenvalue weighted by Gasteiger charge is -2.31. The van der Waals surface area contributed by atoms with Gasteiger partial charge in [0, 0.05) is 13.2 Å². The minimum atomic E-state index is -0.848. The number of hydrogen-bond acceptors (Lipinski definition) is 3. The van der Waals surface area contributed by atoms with Crippen molar-refractivity contribution in [3.63, 3.8) is 0 Å². The molecule has 0 rings (SSSR count). The van der Waals surface area contributed by atoms with Gasteiger partial charge in [0.05, 0.1) is 11.0 Å². The Balaban J connectivity index is 4.54. The molecule has 102 valence electrons. The van der Waals surface area contributed by atoms with Gasteiger partial charge in [0.2, 0.25) is 0 Å². The first kappa shape index (κ1) is 16.4. The third-order valence-electron chi connectivity index (χ3n) is 2.76. The SMILES string of the molecule is CC(C)CC(CN)(CCOC(C)(C)C)C(=O)O. The second-order valence-corrected chi connectivity index (χ2v) is 6.10. The van der Waals surface area contributed by atoms with Gasteiger partial charge in [-0.1, -0.05) is 13.8 Å². The average molecular weight is 245 g/mol. The average Bonchev–Trinajstić information content (AvgIpc) is 2.13. The third kappa shape index (κ3) is 6.03. The molecule has 0 fully saturated rings. The molecule has 0 spiro atoms. The number of nitrogens with two attached hydrogens (primary N) is 1. The highest BCUT2D eigenvalue weighted by Gasteiger charge is 2.37. The van der Waals surface area contributed by atoms with Crippen LogP contribution in [0.4, 0.5) is 0 Å². The van der Waals surface area contributed by atoms with Crippen molar-refractivity contribution in [3.8, 4) is 0 Å². The molecule has 0 aromatic heterocycles. The molecule has 1 atom stereocenters. The van der Waals surface area contributed by atoms with Crippen molar-refractivity contribution < 1.29 is 14.6 Å². The summed E-state index contributed by atoms with van der Waals surface area (Å²) < 4.78 is 5.60. The van der Waals surface area contributed by atoms with Gasteiger partial charge in [-0.25, -0.2) is 0 Å². The smallest absolute Gasteiger partial charge is 0.311 e. The molecule has 0 bridgehead atoms. The molecular formula is C13H27NO3. The summed E-state index contributed by atoms with van der Waals surface area (Å²) in [4.78, 5) is 11.4. The fourth-order valence-electron chi connectivity index (χ4n) is 1.90. The van der Waals surface area contributed by atoms with Crippen LogP contribution in [0.3, 0.4) is 0 Å². The monoisotopic (exact) mass is 245 g/mol. The Labute approximate surface area is 105 Å². The molecule has 0 aliphatic carbocycles. The number of carboxylic acid groups (broad SMARTS) is 1. The quantitative estimate of drug-likeness (QED) is 0.721. The molecule has 0 aliphatic rings. The maximum atomic E-state index is 11.4. The van der Waals surface area contributed by atoms with Gasteiger partial charge in [0.1, 0.15) is 0 Å². The summed E-state index contributed by atoms with van der Waals surface area (Å²) in [6, 6.07) is 0. The normalized spacial score (nSPS) is 15.9. The van der Waals surface area contributed by atoms with Gasteiger partial charge in [0.25, 0.3) is 0 Å². The van der Waals surface area contributed by atoms with E-state index in [-0.39, 0.29) is 12.1 Å². The van der Waals surface area contributed by atoms with Gasteiger partial charge in [-0.05, 0) is 39.5 Å². The Kier molecular flexibility index (Phi) is 6.13. The topological polar surface area (TPSA) is 72.5 Å². The highest BCUT2D eigenvalue weighted by atomic mass is 16.5. The summed E-state index contributed by atoms with van der Waals surface area (Å²) in [6.45, 7) is 10.5. The van der Waals surface area contributed by atoms with Crippen LogP contribution in [-0.4, -0.2) is 29.8 Å². The van der Waals surface area contributed by atoms with Crippen LogP contribution in [0.2, 0.25) is 0 Å². The van der Waals surface area contributed by atoms with E-state index in [4.69, 9.17) is 10.5 Å². The van der Waals surface area contributed by atoms with Crippen molar-refractivity contribution in [2.24, 2.45) is 17.1 Å². The molecule has 0 aromatic rings. The lowest BCUT2D eigenvalue weighted by molar-refractivity contribution is -0.151. The third-order valence-corrected chi connectivity index (χ3v) is 2.76. The summed E-state index contributed by atoms with van der Waals surface area (Å²) in [5, 5.41) is 9.37. The number of rotatable bonds is 7. The Morgan fingerprint density at radius 1 is 1.35 bits per heavy atom. The van der Waals surface area contributed by atoms with Crippen molar-refractivity contribution in [2.75, 3.05) is 13.2 Å². The predicted octanol–water partition coefficient (Wildman–Crippen LogP) is 2.27. The van der Waals surface area contributed by atoms with E-state index in [0.29, 0.717) is 25.4 Å². The Morgan fingerprint density at radius 3 is 2.18 bits per heavy atom. The van der Waals surface area contributed by atoms with E-state index in [9.17, 15) is 9.90 Å². The fourth-order valence-corrected chi connectivity index (χ4v) is 1.90. The summed E-state index contributed by atoms with van der Waals surface area (Å²) in [6.07, 6.45) is 1.06. The zero-order valence-electron chi connectivity index (χ0n) is 11.7. The van der Waals surface area contributed by atoms with Crippen molar-refractivity contribution in [1.29, 1.82) is 0 Å². The van der Waals surface area contributed by atoms with Crippen LogP contribution in [0.25, 0.3) is 0 Å². The van der Waals surface area contributed by atoms with E-state index in [1.165, 1.54) is 0 Å². The molecule has 0 radical (unpaired) electrons. The van der Waals surface area contributed by atoms with E-state index < -0.39 is 11.4 Å². The van der Waals surface area contributed by atoms with Crippen LogP contribution >= 0.6 is 0 Å². The van der Waals surface area contributed by atoms with Crippen molar-refractivity contribution in [3.05, 3.63) is 0 Å². The van der Waals surface area contributed by atoms with Crippen LogP contribution in [0.5, 0.6) is 0 Å². The molecule has 0 saturated carbocycles. The van der Waals surface area contributed by atoms with Crippen LogP contribution in [-0.2, 0) is 9.53 Å². The summed E-state index contributed by atoms with van der Waals surface area (Å²) in [5.74, 6) is -0.504. The van der Waals surface area contributed by atoms with Gasteiger partial charge in [-0.15, -0.1) is 0 Å². The van der Waals surface area contributed by atoms with E-state index >= 15 is 0 Å². The van der Waals surface area contributed by atoms with E-state index in [1.807, 2.05) is 34.6 Å². The molecule has 3 N–H and O–H groups in total. The predicted molar refractivity (Wildman–Crippen MR) is 68.9 cm³/mol. The van der Waals surface area contributed by atoms with E-state index in [0.717, 1.165) is 0 Å². The first-order chi connectivity index (χ1) is 7.63. The largest absolute Gasteiger partial charge is 0.481 e. The van der Waals surface area contributed by atoms with Gasteiger partial charge >= 0.3 is 5.97 Å². The minimum Gasteiger partial charge on any atom is -0.481 e. The summed E-state index contributed by atoms with van der Waals surface area (Å²) in [5.41, 5.74) is 4.58. The first-order valence-electron chi connectivity index (χ1n) is 6.20. The van der Waals surface area contributed by atoms with Crippen molar-refractivity contribution >= 4 is 5.97 Å². The van der Waals surface area contributed by atoms with Gasteiger partial charge < -0.3 is 15.6 Å². The van der Waals surface area contributed by atoms with Crippen molar-refractivity contribution in [1.82, 2.24) is 0 Å². The van der Waals surface area contributed by atoms with Crippen LogP contribution < -0.4 is 5.73 Å². The highest BCUT2D eigenvalue weighted by molar-refractivity contribution is 5.75. The van der Waals surface area contributed by atoms with Crippen LogP contribution in [0.15, 0.2) is 0 Å². The number of hydrogen-bond donors (Lipinski definition) is 2. The molecule has 1 unspecified atom stereocenters. The fraction of sp³-hybridized carbons (Fsp3) is 0.923. The maximum absolute atomic E-state index is 11.4. The van der Waals surface area contributed by atoms with Crippen LogP contribution in [0, 0.1) is 11.3 Å². The molecule has 0 saturated heterocycles. The van der Waals surface area contributed by atoms with Crippen LogP contribution in [0.1, 0.15) is 47.5 Å². The Morgan fingerprint density at radius 2 is 1.88 bits per heavy atom. The molecule has 0 aliphatic heterocycles. The first-order valence-corrected chi connectivity index (χ1v) is 6.20. The highest BCUT2D eigenvalue weighted by Crippen LogP contribution is 2.30. The lowest BCUT2D eigenvalue weighted by atomic mass is 9.77. The zero-order valence-corrected chi connectivity index (χ0v) is 11.7. The standard InChI is InChI=1S/C13H27NO3/c1-10(2)8-13(9-14,11(15)16)6-7-17-12(3,4)5/h10H,6-9,14H2,1-5H3,(H,15,16). The Bertz CT molecular complexity index is 246. The minimum absolute atomic E-state index is 0.161. The number of carbonyl (C=O) groups is 1. The molecule has 4 nitrogen and oxygen atoms in total. The molecule has 0 heterocycles. The molecular weight excluding hydrogens is 218 g/mol. The summed E-state index contributed by atoms with van der Waals surface area (Å²) >= 11 is 0. The van der Waals surface area contributed by atoms with Crippen molar-refractivity contribution in [2.45, 2.75) is 53.1 Å². The van der Waals surface area contributed by atoms with E-state index in [2.05, 4.69) is 0 Å².